The van der Waals surface area contributed by atoms with Crippen LogP contribution in [0.4, 0.5) is 22.4 Å². The van der Waals surface area contributed by atoms with Crippen LogP contribution in [0.5, 0.6) is 5.88 Å². The Morgan fingerprint density at radius 2 is 2.13 bits per heavy atom. The highest BCUT2D eigenvalue weighted by atomic mass is 19.3. The molecular weight excluding hydrogens is 322 g/mol. The third-order valence-corrected chi connectivity index (χ3v) is 2.86. The largest absolute Gasteiger partial charge is 0.465 e. The summed E-state index contributed by atoms with van der Waals surface area (Å²) >= 11 is 0. The Labute approximate surface area is 128 Å². The summed E-state index contributed by atoms with van der Waals surface area (Å²) in [4.78, 5) is 14.6. The van der Waals surface area contributed by atoms with Gasteiger partial charge in [-0.05, 0) is 13.0 Å². The molecular formula is C13H13F4N3O3. The number of ether oxygens (including phenoxy) is 1. The van der Waals surface area contributed by atoms with E-state index in [2.05, 4.69) is 4.98 Å². The van der Waals surface area contributed by atoms with Gasteiger partial charge in [-0.15, -0.1) is 0 Å². The molecule has 1 heterocycles. The first-order chi connectivity index (χ1) is 10.7. The molecule has 0 saturated heterocycles. The fourth-order valence-corrected chi connectivity index (χ4v) is 1.58. The van der Waals surface area contributed by atoms with Crippen LogP contribution < -0.4 is 4.74 Å². The highest BCUT2D eigenvalue weighted by Crippen LogP contribution is 2.23. The van der Waals surface area contributed by atoms with Crippen LogP contribution in [0, 0.1) is 24.1 Å². The van der Waals surface area contributed by atoms with Crippen molar-refractivity contribution in [1.29, 1.82) is 5.26 Å². The predicted molar refractivity (Wildman–Crippen MR) is 69.6 cm³/mol. The van der Waals surface area contributed by atoms with E-state index in [1.165, 1.54) is 13.0 Å². The van der Waals surface area contributed by atoms with Gasteiger partial charge >= 0.3 is 6.09 Å². The Bertz CT molecular complexity index is 621. The van der Waals surface area contributed by atoms with E-state index in [0.29, 0.717) is 4.90 Å². The molecule has 1 amide bonds. The second kappa shape index (κ2) is 7.62. The highest BCUT2D eigenvalue weighted by Gasteiger charge is 2.35. The number of alkyl halides is 3. The Kier molecular flexibility index (Phi) is 6.12. The van der Waals surface area contributed by atoms with E-state index in [-0.39, 0.29) is 5.69 Å². The van der Waals surface area contributed by atoms with Crippen molar-refractivity contribution in [2.24, 2.45) is 0 Å². The zero-order valence-corrected chi connectivity index (χ0v) is 12.1. The van der Waals surface area contributed by atoms with E-state index in [1.54, 1.807) is 0 Å². The number of nitrogens with zero attached hydrogens (tertiary/aromatic N) is 3. The molecule has 1 N–H and O–H groups in total. The van der Waals surface area contributed by atoms with Gasteiger partial charge in [0.05, 0.1) is 12.2 Å². The predicted octanol–water partition coefficient (Wildman–Crippen LogP) is 2.36. The molecule has 0 fully saturated rings. The standard InChI is InChI=1S/C13H13F4N3O3/c1-6-8(14)3-7(4-18)12(19-6)23-10(11(16)17)9(15)5-20(2)13(21)22/h3,9-11H,5H2,1-2H3,(H,21,22). The number of pyridine rings is 1. The number of nitriles is 1. The molecule has 2 atom stereocenters. The van der Waals surface area contributed by atoms with Crippen molar-refractivity contribution in [3.63, 3.8) is 0 Å². The molecule has 0 bridgehead atoms. The van der Waals surface area contributed by atoms with Crippen LogP contribution in [0.15, 0.2) is 6.07 Å². The van der Waals surface area contributed by atoms with Gasteiger partial charge in [0, 0.05) is 7.05 Å². The van der Waals surface area contributed by atoms with Gasteiger partial charge in [-0.1, -0.05) is 0 Å². The van der Waals surface area contributed by atoms with E-state index < -0.39 is 48.6 Å². The minimum Gasteiger partial charge on any atom is -0.465 e. The molecule has 0 spiro atoms. The molecule has 0 aliphatic carbocycles. The number of hydrogen-bond acceptors (Lipinski definition) is 4. The quantitative estimate of drug-likeness (QED) is 0.807. The Balaban J connectivity index is 3.03. The first kappa shape index (κ1) is 18.5. The Morgan fingerprint density at radius 1 is 1.52 bits per heavy atom. The number of hydrogen-bond donors (Lipinski definition) is 1. The lowest BCUT2D eigenvalue weighted by molar-refractivity contribution is -0.0405. The van der Waals surface area contributed by atoms with Gasteiger partial charge in [-0.3, -0.25) is 0 Å². The number of halogens is 4. The number of carboxylic acid groups (broad SMARTS) is 1. The fourth-order valence-electron chi connectivity index (χ4n) is 1.58. The monoisotopic (exact) mass is 335 g/mol. The molecule has 0 aliphatic heterocycles. The number of aryl methyl sites for hydroxylation is 1. The minimum atomic E-state index is -3.31. The highest BCUT2D eigenvalue weighted by molar-refractivity contribution is 5.64. The molecule has 0 radical (unpaired) electrons. The van der Waals surface area contributed by atoms with Gasteiger partial charge < -0.3 is 14.7 Å². The molecule has 0 aromatic carbocycles. The SMILES string of the molecule is Cc1nc(OC(C(F)F)C(F)CN(C)C(=O)O)c(C#N)cc1F. The van der Waals surface area contributed by atoms with Crippen molar-refractivity contribution < 1.29 is 32.2 Å². The summed E-state index contributed by atoms with van der Waals surface area (Å²) in [5.74, 6) is -1.48. The number of rotatable bonds is 6. The lowest BCUT2D eigenvalue weighted by Gasteiger charge is -2.24. The van der Waals surface area contributed by atoms with Crippen molar-refractivity contribution in [3.05, 3.63) is 23.1 Å². The molecule has 23 heavy (non-hydrogen) atoms. The molecule has 0 saturated carbocycles. The Morgan fingerprint density at radius 3 is 2.61 bits per heavy atom. The Hall–Kier alpha value is -2.57. The summed E-state index contributed by atoms with van der Waals surface area (Å²) in [6, 6.07) is 2.24. The lowest BCUT2D eigenvalue weighted by Crippen LogP contribution is -2.43. The van der Waals surface area contributed by atoms with E-state index in [4.69, 9.17) is 15.1 Å². The maximum absolute atomic E-state index is 13.9. The number of amides is 1. The number of carbonyl (C=O) groups is 1. The molecule has 1 aromatic rings. The molecule has 0 aliphatic rings. The summed E-state index contributed by atoms with van der Waals surface area (Å²) in [6.45, 7) is 0.346. The molecule has 2 unspecified atom stereocenters. The minimum absolute atomic E-state index is 0.218. The second-order valence-electron chi connectivity index (χ2n) is 4.62. The van der Waals surface area contributed by atoms with Gasteiger partial charge in [0.25, 0.3) is 6.43 Å². The van der Waals surface area contributed by atoms with Crippen LogP contribution in [0.2, 0.25) is 0 Å². The maximum Gasteiger partial charge on any atom is 0.407 e. The van der Waals surface area contributed by atoms with Gasteiger partial charge in [0.1, 0.15) is 17.4 Å². The maximum atomic E-state index is 13.9. The normalized spacial score (nSPS) is 13.3. The van der Waals surface area contributed by atoms with Crippen LogP contribution in [0.25, 0.3) is 0 Å². The van der Waals surface area contributed by atoms with Gasteiger partial charge in [0.15, 0.2) is 12.3 Å². The summed E-state index contributed by atoms with van der Waals surface area (Å²) in [7, 11) is 0.998. The van der Waals surface area contributed by atoms with Gasteiger partial charge in [-0.25, -0.2) is 27.3 Å². The van der Waals surface area contributed by atoms with Crippen molar-refractivity contribution >= 4 is 6.09 Å². The summed E-state index contributed by atoms with van der Waals surface area (Å²) in [5.41, 5.74) is -0.692. The zero-order chi connectivity index (χ0) is 17.7. The van der Waals surface area contributed by atoms with E-state index in [0.717, 1.165) is 13.1 Å². The van der Waals surface area contributed by atoms with Crippen molar-refractivity contribution in [3.8, 4) is 11.9 Å². The van der Waals surface area contributed by atoms with Crippen LogP contribution in [-0.4, -0.2) is 53.4 Å². The first-order valence-corrected chi connectivity index (χ1v) is 6.27. The summed E-state index contributed by atoms with van der Waals surface area (Å²) in [5, 5.41) is 17.5. The fraction of sp³-hybridized carbons (Fsp3) is 0.462. The van der Waals surface area contributed by atoms with E-state index in [9.17, 15) is 22.4 Å². The smallest absolute Gasteiger partial charge is 0.407 e. The van der Waals surface area contributed by atoms with Crippen LogP contribution >= 0.6 is 0 Å². The molecule has 126 valence electrons. The second-order valence-corrected chi connectivity index (χ2v) is 4.62. The van der Waals surface area contributed by atoms with Gasteiger partial charge in [0.2, 0.25) is 5.88 Å². The lowest BCUT2D eigenvalue weighted by atomic mass is 10.2. The third-order valence-electron chi connectivity index (χ3n) is 2.86. The molecule has 10 heteroatoms. The first-order valence-electron chi connectivity index (χ1n) is 6.27. The average molecular weight is 335 g/mol. The van der Waals surface area contributed by atoms with Crippen molar-refractivity contribution in [1.82, 2.24) is 9.88 Å². The molecule has 1 aromatic heterocycles. The van der Waals surface area contributed by atoms with Gasteiger partial charge in [-0.2, -0.15) is 5.26 Å². The van der Waals surface area contributed by atoms with Crippen molar-refractivity contribution in [2.45, 2.75) is 25.6 Å². The molecule has 6 nitrogen and oxygen atoms in total. The van der Waals surface area contributed by atoms with E-state index >= 15 is 0 Å². The van der Waals surface area contributed by atoms with Crippen molar-refractivity contribution in [2.75, 3.05) is 13.6 Å². The third kappa shape index (κ3) is 4.70. The summed E-state index contributed by atoms with van der Waals surface area (Å²) in [6.07, 6.45) is -9.56. The zero-order valence-electron chi connectivity index (χ0n) is 12.1. The molecule has 1 rings (SSSR count). The van der Waals surface area contributed by atoms with Crippen LogP contribution in [0.3, 0.4) is 0 Å². The average Bonchev–Trinajstić information content (AvgIpc) is 2.46. The summed E-state index contributed by atoms with van der Waals surface area (Å²) < 4.78 is 57.9. The topological polar surface area (TPSA) is 86.4 Å². The van der Waals surface area contributed by atoms with Crippen LogP contribution in [-0.2, 0) is 0 Å². The van der Waals surface area contributed by atoms with E-state index in [1.807, 2.05) is 0 Å². The number of aromatic nitrogens is 1. The van der Waals surface area contributed by atoms with Crippen LogP contribution in [0.1, 0.15) is 11.3 Å².